The topological polar surface area (TPSA) is 74.9 Å². The summed E-state index contributed by atoms with van der Waals surface area (Å²) in [5.74, 6) is 0.498. The first kappa shape index (κ1) is 17.5. The van der Waals surface area contributed by atoms with Gasteiger partial charge in [-0.3, -0.25) is 4.79 Å². The fourth-order valence-electron chi connectivity index (χ4n) is 3.04. The van der Waals surface area contributed by atoms with Gasteiger partial charge in [0.1, 0.15) is 11.8 Å². The quantitative estimate of drug-likeness (QED) is 0.841. The van der Waals surface area contributed by atoms with Crippen LogP contribution < -0.4 is 10.2 Å². The fraction of sp³-hybridized carbons (Fsp3) is 0.421. The number of nitrogens with zero attached hydrogens (tertiary/aromatic N) is 1. The number of benzene rings is 1. The van der Waals surface area contributed by atoms with Gasteiger partial charge in [-0.15, -0.1) is 0 Å². The molecule has 1 saturated heterocycles. The lowest BCUT2D eigenvalue weighted by molar-refractivity contribution is 0.0883. The maximum Gasteiger partial charge on any atom is 0.251 e. The molecule has 2 N–H and O–H groups in total. The molecule has 1 atom stereocenters. The summed E-state index contributed by atoms with van der Waals surface area (Å²) in [4.78, 5) is 14.7. The van der Waals surface area contributed by atoms with Crippen LogP contribution in [0.2, 0.25) is 0 Å². The second-order valence-electron chi connectivity index (χ2n) is 6.26. The first-order valence-corrected chi connectivity index (χ1v) is 8.53. The van der Waals surface area contributed by atoms with Gasteiger partial charge >= 0.3 is 0 Å². The predicted molar refractivity (Wildman–Crippen MR) is 94.7 cm³/mol. The van der Waals surface area contributed by atoms with E-state index in [1.807, 2.05) is 30.3 Å². The van der Waals surface area contributed by atoms with Crippen LogP contribution in [-0.2, 0) is 4.74 Å². The van der Waals surface area contributed by atoms with Gasteiger partial charge < -0.3 is 24.5 Å². The van der Waals surface area contributed by atoms with Gasteiger partial charge in [0.25, 0.3) is 5.91 Å². The van der Waals surface area contributed by atoms with Crippen molar-refractivity contribution in [3.05, 3.63) is 54.0 Å². The predicted octanol–water partition coefficient (Wildman–Crippen LogP) is 2.36. The molecular weight excluding hydrogens is 320 g/mol. The Kier molecular flexibility index (Phi) is 5.73. The van der Waals surface area contributed by atoms with Gasteiger partial charge in [-0.05, 0) is 49.2 Å². The van der Waals surface area contributed by atoms with Crippen molar-refractivity contribution in [3.63, 3.8) is 0 Å². The Morgan fingerprint density at radius 3 is 2.64 bits per heavy atom. The molecule has 134 valence electrons. The van der Waals surface area contributed by atoms with Crippen LogP contribution in [0.25, 0.3) is 0 Å². The van der Waals surface area contributed by atoms with Gasteiger partial charge in [-0.25, -0.2) is 0 Å². The second-order valence-corrected chi connectivity index (χ2v) is 6.26. The minimum Gasteiger partial charge on any atom is -0.467 e. The number of aliphatic hydroxyl groups excluding tert-OH is 1. The number of rotatable bonds is 6. The van der Waals surface area contributed by atoms with Crippen LogP contribution in [0, 0.1) is 0 Å². The van der Waals surface area contributed by atoms with E-state index >= 15 is 0 Å². The van der Waals surface area contributed by atoms with E-state index in [0.29, 0.717) is 17.9 Å². The molecule has 3 rings (SSSR count). The van der Waals surface area contributed by atoms with Crippen molar-refractivity contribution in [2.45, 2.75) is 25.0 Å². The minimum atomic E-state index is -0.323. The van der Waals surface area contributed by atoms with Gasteiger partial charge in [0.2, 0.25) is 0 Å². The lowest BCUT2D eigenvalue weighted by atomic mass is 10.1. The number of anilines is 1. The molecule has 0 saturated carbocycles. The van der Waals surface area contributed by atoms with Crippen LogP contribution in [0.5, 0.6) is 0 Å². The second kappa shape index (κ2) is 8.18. The first-order chi connectivity index (χ1) is 12.2. The normalized spacial score (nSPS) is 16.6. The summed E-state index contributed by atoms with van der Waals surface area (Å²) in [5.41, 5.74) is 1.66. The number of hydrogen-bond donors (Lipinski definition) is 2. The average molecular weight is 344 g/mol. The van der Waals surface area contributed by atoms with Crippen molar-refractivity contribution < 1.29 is 19.1 Å². The number of carbonyl (C=O) groups excluding carboxylic acids is 1. The van der Waals surface area contributed by atoms with E-state index in [0.717, 1.165) is 31.6 Å². The summed E-state index contributed by atoms with van der Waals surface area (Å²) in [7, 11) is 1.59. The molecule has 1 amide bonds. The highest BCUT2D eigenvalue weighted by molar-refractivity contribution is 5.94. The van der Waals surface area contributed by atoms with Crippen molar-refractivity contribution in [1.29, 1.82) is 0 Å². The van der Waals surface area contributed by atoms with Crippen molar-refractivity contribution in [2.75, 3.05) is 31.7 Å². The fourth-order valence-corrected chi connectivity index (χ4v) is 3.04. The Morgan fingerprint density at radius 1 is 1.32 bits per heavy atom. The van der Waals surface area contributed by atoms with Crippen LogP contribution in [0.15, 0.2) is 47.1 Å². The molecule has 1 aliphatic heterocycles. The molecule has 0 radical (unpaired) electrons. The first-order valence-electron chi connectivity index (χ1n) is 8.53. The van der Waals surface area contributed by atoms with Gasteiger partial charge in [-0.2, -0.15) is 0 Å². The summed E-state index contributed by atoms with van der Waals surface area (Å²) >= 11 is 0. The summed E-state index contributed by atoms with van der Waals surface area (Å²) in [6.07, 6.45) is 2.95. The van der Waals surface area contributed by atoms with E-state index < -0.39 is 0 Å². The van der Waals surface area contributed by atoms with Crippen LogP contribution in [0.4, 0.5) is 5.69 Å². The molecule has 1 aromatic heterocycles. The lowest BCUT2D eigenvalue weighted by Gasteiger charge is -2.31. The molecule has 0 spiro atoms. The number of methoxy groups -OCH3 is 1. The molecule has 2 heterocycles. The highest BCUT2D eigenvalue weighted by Gasteiger charge is 2.20. The zero-order valence-electron chi connectivity index (χ0n) is 14.4. The third kappa shape index (κ3) is 4.41. The van der Waals surface area contributed by atoms with Crippen molar-refractivity contribution >= 4 is 11.6 Å². The monoisotopic (exact) mass is 344 g/mol. The molecule has 6 nitrogen and oxygen atoms in total. The number of amides is 1. The Labute approximate surface area is 147 Å². The van der Waals surface area contributed by atoms with E-state index in [-0.39, 0.29) is 18.1 Å². The molecule has 1 unspecified atom stereocenters. The van der Waals surface area contributed by atoms with Crippen molar-refractivity contribution in [1.82, 2.24) is 5.32 Å². The number of aliphatic hydroxyl groups is 1. The molecule has 6 heteroatoms. The SMILES string of the molecule is COCC(NC(=O)c1ccc(N2CCC(O)CC2)cc1)c1ccco1. The Balaban J connectivity index is 1.64. The molecule has 0 aliphatic carbocycles. The van der Waals surface area contributed by atoms with Crippen LogP contribution in [0.3, 0.4) is 0 Å². The average Bonchev–Trinajstić information content (AvgIpc) is 3.17. The highest BCUT2D eigenvalue weighted by Crippen LogP contribution is 2.21. The van der Waals surface area contributed by atoms with E-state index in [1.54, 1.807) is 19.4 Å². The van der Waals surface area contributed by atoms with Gasteiger partial charge in [0.15, 0.2) is 0 Å². The van der Waals surface area contributed by atoms with Crippen molar-refractivity contribution in [3.8, 4) is 0 Å². The molecule has 25 heavy (non-hydrogen) atoms. The van der Waals surface area contributed by atoms with E-state index in [9.17, 15) is 9.90 Å². The summed E-state index contributed by atoms with van der Waals surface area (Å²) in [5, 5.41) is 12.5. The Morgan fingerprint density at radius 2 is 2.04 bits per heavy atom. The zero-order valence-corrected chi connectivity index (χ0v) is 14.4. The van der Waals surface area contributed by atoms with E-state index in [4.69, 9.17) is 9.15 Å². The standard InChI is InChI=1S/C19H24N2O4/c1-24-13-17(18-3-2-12-25-18)20-19(23)14-4-6-15(7-5-14)21-10-8-16(22)9-11-21/h2-7,12,16-17,22H,8-11,13H2,1H3,(H,20,23). The number of ether oxygens (including phenoxy) is 1. The third-order valence-corrected chi connectivity index (χ3v) is 4.48. The van der Waals surface area contributed by atoms with Crippen LogP contribution in [-0.4, -0.2) is 43.9 Å². The van der Waals surface area contributed by atoms with Gasteiger partial charge in [-0.1, -0.05) is 0 Å². The molecule has 0 bridgehead atoms. The van der Waals surface area contributed by atoms with Gasteiger partial charge in [0, 0.05) is 31.5 Å². The highest BCUT2D eigenvalue weighted by atomic mass is 16.5. The number of furan rings is 1. The number of carbonyl (C=O) groups is 1. The lowest BCUT2D eigenvalue weighted by Crippen LogP contribution is -2.35. The van der Waals surface area contributed by atoms with Crippen molar-refractivity contribution in [2.24, 2.45) is 0 Å². The summed E-state index contributed by atoms with van der Waals surface area (Å²) in [6, 6.07) is 10.8. The summed E-state index contributed by atoms with van der Waals surface area (Å²) in [6.45, 7) is 2.01. The molecule has 1 aliphatic rings. The van der Waals surface area contributed by atoms with Crippen LogP contribution in [0.1, 0.15) is 35.0 Å². The molecular formula is C19H24N2O4. The number of hydrogen-bond acceptors (Lipinski definition) is 5. The van der Waals surface area contributed by atoms with Crippen LogP contribution >= 0.6 is 0 Å². The van der Waals surface area contributed by atoms with E-state index in [1.165, 1.54) is 0 Å². The Hall–Kier alpha value is -2.31. The Bertz CT molecular complexity index is 661. The maximum atomic E-state index is 12.5. The number of piperidine rings is 1. The largest absolute Gasteiger partial charge is 0.467 e. The van der Waals surface area contributed by atoms with Gasteiger partial charge in [0.05, 0.1) is 19.0 Å². The maximum absolute atomic E-state index is 12.5. The molecule has 1 aromatic carbocycles. The minimum absolute atomic E-state index is 0.168. The molecule has 2 aromatic rings. The van der Waals surface area contributed by atoms with E-state index in [2.05, 4.69) is 10.2 Å². The third-order valence-electron chi connectivity index (χ3n) is 4.48. The zero-order chi connectivity index (χ0) is 17.6. The smallest absolute Gasteiger partial charge is 0.251 e. The molecule has 1 fully saturated rings. The summed E-state index contributed by atoms with van der Waals surface area (Å²) < 4.78 is 10.5. The number of nitrogens with one attached hydrogen (secondary N) is 1.